The Morgan fingerprint density at radius 3 is 2.67 bits per heavy atom. The molecular formula is C13H18FNO3. The zero-order valence-corrected chi connectivity index (χ0v) is 10.7. The second kappa shape index (κ2) is 6.35. The van der Waals surface area contributed by atoms with E-state index in [1.54, 1.807) is 6.07 Å². The molecule has 0 saturated heterocycles. The SMILES string of the molecule is CCNC(C)c1ccc(OC(C)C(=O)O)c(F)c1. The molecule has 0 aromatic heterocycles. The predicted octanol–water partition coefficient (Wildman–Crippen LogP) is 2.35. The van der Waals surface area contributed by atoms with Gasteiger partial charge in [0.1, 0.15) is 0 Å². The van der Waals surface area contributed by atoms with E-state index in [4.69, 9.17) is 9.84 Å². The fourth-order valence-corrected chi connectivity index (χ4v) is 1.55. The van der Waals surface area contributed by atoms with E-state index in [0.717, 1.165) is 12.1 Å². The number of hydrogen-bond donors (Lipinski definition) is 2. The van der Waals surface area contributed by atoms with Gasteiger partial charge in [-0.3, -0.25) is 0 Å². The van der Waals surface area contributed by atoms with Crippen LogP contribution in [0.1, 0.15) is 32.4 Å². The van der Waals surface area contributed by atoms with Crippen molar-refractivity contribution in [2.24, 2.45) is 0 Å². The number of rotatable bonds is 6. The van der Waals surface area contributed by atoms with Gasteiger partial charge >= 0.3 is 5.97 Å². The molecule has 18 heavy (non-hydrogen) atoms. The molecular weight excluding hydrogens is 237 g/mol. The maximum absolute atomic E-state index is 13.7. The second-order valence-corrected chi connectivity index (χ2v) is 4.07. The van der Waals surface area contributed by atoms with Crippen molar-refractivity contribution in [3.8, 4) is 5.75 Å². The van der Waals surface area contributed by atoms with Crippen molar-refractivity contribution in [1.29, 1.82) is 0 Å². The highest BCUT2D eigenvalue weighted by atomic mass is 19.1. The first-order chi connectivity index (χ1) is 8.45. The average molecular weight is 255 g/mol. The van der Waals surface area contributed by atoms with Crippen molar-refractivity contribution >= 4 is 5.97 Å². The molecule has 1 rings (SSSR count). The normalized spacial score (nSPS) is 14.0. The molecule has 5 heteroatoms. The van der Waals surface area contributed by atoms with Gasteiger partial charge in [-0.2, -0.15) is 0 Å². The van der Waals surface area contributed by atoms with Crippen LogP contribution in [0.5, 0.6) is 5.75 Å². The highest BCUT2D eigenvalue weighted by Crippen LogP contribution is 2.23. The zero-order valence-electron chi connectivity index (χ0n) is 10.7. The minimum absolute atomic E-state index is 0.0375. The van der Waals surface area contributed by atoms with Crippen LogP contribution in [0.2, 0.25) is 0 Å². The minimum Gasteiger partial charge on any atom is -0.479 e. The third-order valence-corrected chi connectivity index (χ3v) is 2.62. The summed E-state index contributed by atoms with van der Waals surface area (Å²) in [6, 6.07) is 4.57. The van der Waals surface area contributed by atoms with Crippen LogP contribution in [0, 0.1) is 5.82 Å². The molecule has 0 bridgehead atoms. The molecule has 2 N–H and O–H groups in total. The number of carbonyl (C=O) groups is 1. The van der Waals surface area contributed by atoms with Gasteiger partial charge in [0.05, 0.1) is 0 Å². The highest BCUT2D eigenvalue weighted by molar-refractivity contribution is 5.72. The number of carboxylic acids is 1. The van der Waals surface area contributed by atoms with Crippen molar-refractivity contribution in [3.63, 3.8) is 0 Å². The molecule has 0 heterocycles. The van der Waals surface area contributed by atoms with E-state index >= 15 is 0 Å². The van der Waals surface area contributed by atoms with E-state index in [0.29, 0.717) is 0 Å². The monoisotopic (exact) mass is 255 g/mol. The molecule has 0 spiro atoms. The van der Waals surface area contributed by atoms with Gasteiger partial charge in [-0.1, -0.05) is 13.0 Å². The van der Waals surface area contributed by atoms with Gasteiger partial charge in [0.2, 0.25) is 0 Å². The van der Waals surface area contributed by atoms with E-state index in [1.807, 2.05) is 13.8 Å². The van der Waals surface area contributed by atoms with E-state index < -0.39 is 17.9 Å². The summed E-state index contributed by atoms with van der Waals surface area (Å²) in [5, 5.41) is 11.9. The molecule has 0 amide bonds. The summed E-state index contributed by atoms with van der Waals surface area (Å²) in [6.45, 7) is 6.05. The predicted molar refractivity (Wildman–Crippen MR) is 66.2 cm³/mol. The Kier molecular flexibility index (Phi) is 5.09. The van der Waals surface area contributed by atoms with Gasteiger partial charge in [-0.25, -0.2) is 9.18 Å². The summed E-state index contributed by atoms with van der Waals surface area (Å²) in [5.74, 6) is -1.72. The molecule has 0 aliphatic heterocycles. The molecule has 2 atom stereocenters. The molecule has 0 aliphatic rings. The first kappa shape index (κ1) is 14.4. The van der Waals surface area contributed by atoms with E-state index in [-0.39, 0.29) is 11.8 Å². The molecule has 0 fully saturated rings. The molecule has 1 aromatic rings. The summed E-state index contributed by atoms with van der Waals surface area (Å²) >= 11 is 0. The van der Waals surface area contributed by atoms with Gasteiger partial charge in [0.15, 0.2) is 17.7 Å². The molecule has 0 aliphatic carbocycles. The van der Waals surface area contributed by atoms with Crippen LogP contribution in [0.3, 0.4) is 0 Å². The van der Waals surface area contributed by atoms with Gasteiger partial charge in [-0.15, -0.1) is 0 Å². The lowest BCUT2D eigenvalue weighted by Crippen LogP contribution is -2.23. The molecule has 2 unspecified atom stereocenters. The van der Waals surface area contributed by atoms with E-state index in [1.165, 1.54) is 19.1 Å². The van der Waals surface area contributed by atoms with Crippen LogP contribution < -0.4 is 10.1 Å². The quantitative estimate of drug-likeness (QED) is 0.819. The number of benzene rings is 1. The number of carboxylic acid groups (broad SMARTS) is 1. The number of halogens is 1. The first-order valence-electron chi connectivity index (χ1n) is 5.88. The van der Waals surface area contributed by atoms with Crippen molar-refractivity contribution in [3.05, 3.63) is 29.6 Å². The molecule has 1 aromatic carbocycles. The van der Waals surface area contributed by atoms with Crippen LogP contribution in [0.25, 0.3) is 0 Å². The summed E-state index contributed by atoms with van der Waals surface area (Å²) in [6.07, 6.45) is -1.07. The largest absolute Gasteiger partial charge is 0.479 e. The number of aliphatic carboxylic acids is 1. The number of nitrogens with one attached hydrogen (secondary N) is 1. The van der Waals surface area contributed by atoms with Crippen molar-refractivity contribution < 1.29 is 19.0 Å². The summed E-state index contributed by atoms with van der Waals surface area (Å²) in [4.78, 5) is 10.6. The molecule has 0 radical (unpaired) electrons. The van der Waals surface area contributed by atoms with Crippen LogP contribution in [-0.4, -0.2) is 23.7 Å². The Morgan fingerprint density at radius 2 is 2.17 bits per heavy atom. The topological polar surface area (TPSA) is 58.6 Å². The fourth-order valence-electron chi connectivity index (χ4n) is 1.55. The number of ether oxygens (including phenoxy) is 1. The average Bonchev–Trinajstić information content (AvgIpc) is 2.31. The Labute approximate surface area is 106 Å². The van der Waals surface area contributed by atoms with E-state index in [2.05, 4.69) is 5.32 Å². The molecule has 100 valence electrons. The van der Waals surface area contributed by atoms with Gasteiger partial charge < -0.3 is 15.2 Å². The maximum Gasteiger partial charge on any atom is 0.344 e. The standard InChI is InChI=1S/C13H18FNO3/c1-4-15-8(2)10-5-6-12(11(14)7-10)18-9(3)13(16)17/h5-9,15H,4H2,1-3H3,(H,16,17). The van der Waals surface area contributed by atoms with Gasteiger partial charge in [0, 0.05) is 6.04 Å². The van der Waals surface area contributed by atoms with Crippen LogP contribution in [0.15, 0.2) is 18.2 Å². The Morgan fingerprint density at radius 1 is 1.50 bits per heavy atom. The van der Waals surface area contributed by atoms with Gasteiger partial charge in [0.25, 0.3) is 0 Å². The van der Waals surface area contributed by atoms with E-state index in [9.17, 15) is 9.18 Å². The zero-order chi connectivity index (χ0) is 13.7. The highest BCUT2D eigenvalue weighted by Gasteiger charge is 2.16. The van der Waals surface area contributed by atoms with Crippen LogP contribution in [0.4, 0.5) is 4.39 Å². The minimum atomic E-state index is -1.13. The Bertz CT molecular complexity index is 423. The summed E-state index contributed by atoms with van der Waals surface area (Å²) in [5.41, 5.74) is 0.796. The van der Waals surface area contributed by atoms with Crippen molar-refractivity contribution in [2.45, 2.75) is 32.9 Å². The second-order valence-electron chi connectivity index (χ2n) is 4.07. The number of hydrogen-bond acceptors (Lipinski definition) is 3. The Balaban J connectivity index is 2.82. The van der Waals surface area contributed by atoms with Crippen LogP contribution >= 0.6 is 0 Å². The van der Waals surface area contributed by atoms with Crippen molar-refractivity contribution in [2.75, 3.05) is 6.54 Å². The fraction of sp³-hybridized carbons (Fsp3) is 0.462. The van der Waals surface area contributed by atoms with Crippen LogP contribution in [-0.2, 0) is 4.79 Å². The molecule has 4 nitrogen and oxygen atoms in total. The lowest BCUT2D eigenvalue weighted by atomic mass is 10.1. The van der Waals surface area contributed by atoms with Crippen molar-refractivity contribution in [1.82, 2.24) is 5.32 Å². The lowest BCUT2D eigenvalue weighted by Gasteiger charge is -2.15. The smallest absolute Gasteiger partial charge is 0.344 e. The van der Waals surface area contributed by atoms with Gasteiger partial charge in [-0.05, 0) is 38.1 Å². The molecule has 0 saturated carbocycles. The Hall–Kier alpha value is -1.62. The third-order valence-electron chi connectivity index (χ3n) is 2.62. The third kappa shape index (κ3) is 3.70. The lowest BCUT2D eigenvalue weighted by molar-refractivity contribution is -0.144. The summed E-state index contributed by atoms with van der Waals surface area (Å²) < 4.78 is 18.7. The summed E-state index contributed by atoms with van der Waals surface area (Å²) in [7, 11) is 0. The first-order valence-corrected chi connectivity index (χ1v) is 5.88. The maximum atomic E-state index is 13.7.